The minimum atomic E-state index is -0.429. The molecule has 2 rings (SSSR count). The average molecular weight is 369 g/mol. The molecular weight excluding hydrogens is 342 g/mol. The lowest BCUT2D eigenvalue weighted by Gasteiger charge is -2.12. The predicted octanol–water partition coefficient (Wildman–Crippen LogP) is 3.05. The Labute approximate surface area is 160 Å². The Morgan fingerprint density at radius 3 is 2.37 bits per heavy atom. The zero-order valence-corrected chi connectivity index (χ0v) is 16.3. The molecule has 0 amide bonds. The maximum Gasteiger partial charge on any atom is 0.341 e. The number of hydrogen-bond acceptors (Lipinski definition) is 4. The third-order valence-electron chi connectivity index (χ3n) is 4.01. The van der Waals surface area contributed by atoms with Crippen molar-refractivity contribution in [2.24, 2.45) is 4.99 Å². The molecule has 6 nitrogen and oxygen atoms in total. The van der Waals surface area contributed by atoms with E-state index in [1.165, 1.54) is 25.3 Å². The Bertz CT molecular complexity index is 786. The van der Waals surface area contributed by atoms with E-state index in [4.69, 9.17) is 9.47 Å². The summed E-state index contributed by atoms with van der Waals surface area (Å²) < 4.78 is 10.0. The summed E-state index contributed by atoms with van der Waals surface area (Å²) >= 11 is 0. The smallest absolute Gasteiger partial charge is 0.341 e. The summed E-state index contributed by atoms with van der Waals surface area (Å²) in [7, 11) is 2.88. The van der Waals surface area contributed by atoms with Crippen LogP contribution in [0.15, 0.2) is 47.5 Å². The van der Waals surface area contributed by atoms with Crippen molar-refractivity contribution in [1.82, 2.24) is 10.6 Å². The highest BCUT2D eigenvalue weighted by Gasteiger charge is 2.13. The van der Waals surface area contributed by atoms with Gasteiger partial charge in [-0.15, -0.1) is 0 Å². The first-order chi connectivity index (χ1) is 13.1. The summed E-state index contributed by atoms with van der Waals surface area (Å²) in [5.74, 6) is 0.773. The number of esters is 1. The van der Waals surface area contributed by atoms with Gasteiger partial charge in [0.05, 0.1) is 20.8 Å². The van der Waals surface area contributed by atoms with Crippen molar-refractivity contribution < 1.29 is 14.3 Å². The Hall–Kier alpha value is -3.02. The molecule has 0 saturated carbocycles. The topological polar surface area (TPSA) is 72.0 Å². The number of nitrogens with one attached hydrogen (secondary N) is 2. The molecule has 6 heteroatoms. The number of carbonyl (C=O) groups is 1. The summed E-state index contributed by atoms with van der Waals surface area (Å²) in [6, 6.07) is 13.8. The molecule has 2 N–H and O–H groups in total. The molecule has 0 radical (unpaired) electrons. The van der Waals surface area contributed by atoms with Gasteiger partial charge in [0, 0.05) is 13.1 Å². The van der Waals surface area contributed by atoms with Crippen molar-refractivity contribution in [3.05, 3.63) is 64.7 Å². The van der Waals surface area contributed by atoms with Crippen LogP contribution in [-0.2, 0) is 17.8 Å². The molecule has 0 bridgehead atoms. The fraction of sp³-hybridized carbons (Fsp3) is 0.333. The number of guanidine groups is 1. The number of benzene rings is 2. The van der Waals surface area contributed by atoms with Crippen LogP contribution in [0.25, 0.3) is 0 Å². The summed E-state index contributed by atoms with van der Waals surface area (Å²) in [4.78, 5) is 16.5. The Morgan fingerprint density at radius 1 is 1.04 bits per heavy atom. The highest BCUT2D eigenvalue weighted by Crippen LogP contribution is 2.21. The number of rotatable bonds is 7. The van der Waals surface area contributed by atoms with Crippen molar-refractivity contribution in [1.29, 1.82) is 0 Å². The van der Waals surface area contributed by atoms with E-state index in [0.717, 1.165) is 12.1 Å². The molecular formula is C21H27N3O3. The largest absolute Gasteiger partial charge is 0.496 e. The molecule has 0 aliphatic heterocycles. The Morgan fingerprint density at radius 2 is 1.74 bits per heavy atom. The standard InChI is InChI=1S/C21H27N3O3/c1-5-22-21(23-13-16-8-6-15(2)7-9-16)24-14-17-10-11-19(26-3)18(12-17)20(25)27-4/h6-12H,5,13-14H2,1-4H3,(H2,22,23,24). The van der Waals surface area contributed by atoms with Gasteiger partial charge < -0.3 is 20.1 Å². The average Bonchev–Trinajstić information content (AvgIpc) is 2.70. The zero-order chi connectivity index (χ0) is 19.6. The lowest BCUT2D eigenvalue weighted by Crippen LogP contribution is -2.36. The lowest BCUT2D eigenvalue weighted by atomic mass is 10.1. The van der Waals surface area contributed by atoms with Gasteiger partial charge in [0.1, 0.15) is 11.3 Å². The van der Waals surface area contributed by atoms with Crippen LogP contribution in [-0.4, -0.2) is 32.7 Å². The molecule has 27 heavy (non-hydrogen) atoms. The maximum atomic E-state index is 11.9. The molecule has 0 heterocycles. The van der Waals surface area contributed by atoms with Crippen molar-refractivity contribution in [2.45, 2.75) is 26.9 Å². The van der Waals surface area contributed by atoms with Crippen molar-refractivity contribution >= 4 is 11.9 Å². The molecule has 0 unspecified atom stereocenters. The first-order valence-electron chi connectivity index (χ1n) is 8.90. The van der Waals surface area contributed by atoms with Crippen molar-refractivity contribution in [3.63, 3.8) is 0 Å². The van der Waals surface area contributed by atoms with Crippen LogP contribution in [0, 0.1) is 6.92 Å². The van der Waals surface area contributed by atoms with Gasteiger partial charge in [-0.3, -0.25) is 0 Å². The molecule has 144 valence electrons. The molecule has 2 aromatic carbocycles. The van der Waals surface area contributed by atoms with Gasteiger partial charge >= 0.3 is 5.97 Å². The molecule has 0 saturated heterocycles. The summed E-state index contributed by atoms with van der Waals surface area (Å²) in [6.45, 7) is 5.96. The number of hydrogen-bond donors (Lipinski definition) is 2. The van der Waals surface area contributed by atoms with E-state index in [1.54, 1.807) is 12.1 Å². The second-order valence-corrected chi connectivity index (χ2v) is 6.06. The minimum Gasteiger partial charge on any atom is -0.496 e. The fourth-order valence-electron chi connectivity index (χ4n) is 2.53. The van der Waals surface area contributed by atoms with E-state index < -0.39 is 5.97 Å². The van der Waals surface area contributed by atoms with Crippen molar-refractivity contribution in [3.8, 4) is 5.75 Å². The van der Waals surface area contributed by atoms with Gasteiger partial charge in [0.25, 0.3) is 0 Å². The third-order valence-corrected chi connectivity index (χ3v) is 4.01. The quantitative estimate of drug-likeness (QED) is 0.446. The Kier molecular flexibility index (Phi) is 7.67. The first-order valence-corrected chi connectivity index (χ1v) is 8.90. The number of ether oxygens (including phenoxy) is 2. The molecule has 0 aromatic heterocycles. The van der Waals surface area contributed by atoms with E-state index in [2.05, 4.69) is 46.8 Å². The van der Waals surface area contributed by atoms with E-state index in [-0.39, 0.29) is 0 Å². The molecule has 0 spiro atoms. The number of nitrogens with zero attached hydrogens (tertiary/aromatic N) is 1. The van der Waals surface area contributed by atoms with Gasteiger partial charge in [0.15, 0.2) is 5.96 Å². The van der Waals surface area contributed by atoms with Gasteiger partial charge in [-0.1, -0.05) is 35.9 Å². The van der Waals surface area contributed by atoms with Crippen LogP contribution in [0.2, 0.25) is 0 Å². The highest BCUT2D eigenvalue weighted by molar-refractivity contribution is 5.92. The van der Waals surface area contributed by atoms with Crippen LogP contribution < -0.4 is 15.4 Å². The number of aryl methyl sites for hydroxylation is 1. The van der Waals surface area contributed by atoms with Gasteiger partial charge in [-0.2, -0.15) is 0 Å². The monoisotopic (exact) mass is 369 g/mol. The van der Waals surface area contributed by atoms with E-state index in [1.807, 2.05) is 13.0 Å². The van der Waals surface area contributed by atoms with Crippen LogP contribution in [0.3, 0.4) is 0 Å². The highest BCUT2D eigenvalue weighted by atomic mass is 16.5. The van der Waals surface area contributed by atoms with E-state index >= 15 is 0 Å². The SMILES string of the molecule is CCNC(=NCc1ccc(OC)c(C(=O)OC)c1)NCc1ccc(C)cc1. The summed E-state index contributed by atoms with van der Waals surface area (Å²) in [5.41, 5.74) is 3.71. The summed E-state index contributed by atoms with van der Waals surface area (Å²) in [5, 5.41) is 6.55. The summed E-state index contributed by atoms with van der Waals surface area (Å²) in [6.07, 6.45) is 0. The van der Waals surface area contributed by atoms with Gasteiger partial charge in [0.2, 0.25) is 0 Å². The Balaban J connectivity index is 2.09. The lowest BCUT2D eigenvalue weighted by molar-refractivity contribution is 0.0597. The zero-order valence-electron chi connectivity index (χ0n) is 16.3. The fourth-order valence-corrected chi connectivity index (χ4v) is 2.53. The molecule has 0 fully saturated rings. The second kappa shape index (κ2) is 10.2. The number of carbonyl (C=O) groups excluding carboxylic acids is 1. The predicted molar refractivity (Wildman–Crippen MR) is 107 cm³/mol. The van der Waals surface area contributed by atoms with Gasteiger partial charge in [-0.25, -0.2) is 9.79 Å². The van der Waals surface area contributed by atoms with Crippen LogP contribution in [0.1, 0.15) is 34.0 Å². The molecule has 0 aliphatic carbocycles. The van der Waals surface area contributed by atoms with E-state index in [9.17, 15) is 4.79 Å². The number of aliphatic imine (C=N–C) groups is 1. The number of methoxy groups -OCH3 is 2. The van der Waals surface area contributed by atoms with Crippen LogP contribution in [0.4, 0.5) is 0 Å². The minimum absolute atomic E-state index is 0.394. The third kappa shape index (κ3) is 6.02. The van der Waals surface area contributed by atoms with E-state index in [0.29, 0.717) is 30.4 Å². The molecule has 0 atom stereocenters. The normalized spacial score (nSPS) is 11.0. The van der Waals surface area contributed by atoms with Gasteiger partial charge in [-0.05, 0) is 37.1 Å². The van der Waals surface area contributed by atoms with Crippen LogP contribution >= 0.6 is 0 Å². The van der Waals surface area contributed by atoms with Crippen LogP contribution in [0.5, 0.6) is 5.75 Å². The molecule has 2 aromatic rings. The second-order valence-electron chi connectivity index (χ2n) is 6.06. The first kappa shape index (κ1) is 20.3. The molecule has 0 aliphatic rings. The maximum absolute atomic E-state index is 11.9. The van der Waals surface area contributed by atoms with Crippen molar-refractivity contribution in [2.75, 3.05) is 20.8 Å².